The maximum atomic E-state index is 12.6. The quantitative estimate of drug-likeness (QED) is 0.861. The number of rotatable bonds is 6. The fourth-order valence-corrected chi connectivity index (χ4v) is 2.11. The molecule has 0 radical (unpaired) electrons. The second-order valence-corrected chi connectivity index (χ2v) is 4.45. The molecule has 0 bridgehead atoms. The van der Waals surface area contributed by atoms with Crippen LogP contribution in [-0.4, -0.2) is 49.1 Å². The number of benzene rings is 1. The van der Waals surface area contributed by atoms with Crippen LogP contribution in [0.3, 0.4) is 0 Å². The molecule has 1 amide bonds. The van der Waals surface area contributed by atoms with E-state index in [4.69, 9.17) is 10.5 Å². The molecule has 2 aromatic rings. The standard InChI is InChI=1S/C15H19N3O2/c1-20-11-10-18(9-7-16)15(19)14-13-5-3-2-4-12(13)6-8-17-14/h2-6,8H,7,9-11,16H2,1H3. The molecule has 0 aliphatic rings. The first kappa shape index (κ1) is 14.4. The van der Waals surface area contributed by atoms with Gasteiger partial charge in [0.15, 0.2) is 0 Å². The summed E-state index contributed by atoms with van der Waals surface area (Å²) in [6.07, 6.45) is 1.66. The predicted molar refractivity (Wildman–Crippen MR) is 78.6 cm³/mol. The van der Waals surface area contributed by atoms with Gasteiger partial charge in [-0.2, -0.15) is 0 Å². The number of hydrogen-bond donors (Lipinski definition) is 1. The van der Waals surface area contributed by atoms with E-state index in [1.54, 1.807) is 18.2 Å². The van der Waals surface area contributed by atoms with Crippen molar-refractivity contribution >= 4 is 16.7 Å². The molecule has 0 fully saturated rings. The lowest BCUT2D eigenvalue weighted by Gasteiger charge is -2.21. The molecule has 20 heavy (non-hydrogen) atoms. The van der Waals surface area contributed by atoms with Crippen LogP contribution in [0.15, 0.2) is 36.5 Å². The molecule has 5 heteroatoms. The van der Waals surface area contributed by atoms with Gasteiger partial charge in [-0.15, -0.1) is 0 Å². The summed E-state index contributed by atoms with van der Waals surface area (Å²) >= 11 is 0. The Labute approximate surface area is 118 Å². The van der Waals surface area contributed by atoms with Crippen LogP contribution >= 0.6 is 0 Å². The van der Waals surface area contributed by atoms with Crippen molar-refractivity contribution in [2.45, 2.75) is 0 Å². The Morgan fingerprint density at radius 2 is 2.10 bits per heavy atom. The zero-order chi connectivity index (χ0) is 14.4. The summed E-state index contributed by atoms with van der Waals surface area (Å²) in [4.78, 5) is 18.5. The normalized spacial score (nSPS) is 10.7. The van der Waals surface area contributed by atoms with Gasteiger partial charge in [0.25, 0.3) is 5.91 Å². The SMILES string of the molecule is COCCN(CCN)C(=O)c1nccc2ccccc12. The lowest BCUT2D eigenvalue weighted by atomic mass is 10.1. The Hall–Kier alpha value is -1.98. The van der Waals surface area contributed by atoms with E-state index in [2.05, 4.69) is 4.98 Å². The molecule has 0 unspecified atom stereocenters. The predicted octanol–water partition coefficient (Wildman–Crippen LogP) is 1.28. The first-order chi connectivity index (χ1) is 9.77. The summed E-state index contributed by atoms with van der Waals surface area (Å²) in [5.41, 5.74) is 6.04. The largest absolute Gasteiger partial charge is 0.383 e. The van der Waals surface area contributed by atoms with Gasteiger partial charge in [0.05, 0.1) is 6.61 Å². The maximum Gasteiger partial charge on any atom is 0.273 e. The van der Waals surface area contributed by atoms with Gasteiger partial charge in [-0.05, 0) is 11.5 Å². The minimum absolute atomic E-state index is 0.107. The summed E-state index contributed by atoms with van der Waals surface area (Å²) in [5.74, 6) is -0.107. The van der Waals surface area contributed by atoms with Crippen molar-refractivity contribution in [3.63, 3.8) is 0 Å². The average molecular weight is 273 g/mol. The number of aromatic nitrogens is 1. The van der Waals surface area contributed by atoms with Crippen LogP contribution in [0.2, 0.25) is 0 Å². The number of fused-ring (bicyclic) bond motifs is 1. The molecule has 1 heterocycles. The third kappa shape index (κ3) is 3.12. The van der Waals surface area contributed by atoms with Gasteiger partial charge >= 0.3 is 0 Å². The summed E-state index contributed by atoms with van der Waals surface area (Å²) < 4.78 is 5.04. The zero-order valence-electron chi connectivity index (χ0n) is 11.6. The summed E-state index contributed by atoms with van der Waals surface area (Å²) in [6, 6.07) is 9.62. The second kappa shape index (κ2) is 6.98. The molecule has 0 aliphatic heterocycles. The van der Waals surface area contributed by atoms with Gasteiger partial charge in [0, 0.05) is 38.3 Å². The van der Waals surface area contributed by atoms with E-state index < -0.39 is 0 Å². The number of nitrogens with two attached hydrogens (primary N) is 1. The molecule has 0 spiro atoms. The van der Waals surface area contributed by atoms with E-state index in [1.807, 2.05) is 30.3 Å². The van der Waals surface area contributed by atoms with Crippen LogP contribution in [0.1, 0.15) is 10.5 Å². The molecule has 1 aromatic heterocycles. The Bertz CT molecular complexity index is 581. The van der Waals surface area contributed by atoms with Gasteiger partial charge in [-0.3, -0.25) is 9.78 Å². The smallest absolute Gasteiger partial charge is 0.273 e. The van der Waals surface area contributed by atoms with Crippen LogP contribution in [-0.2, 0) is 4.74 Å². The Morgan fingerprint density at radius 1 is 1.30 bits per heavy atom. The molecule has 0 saturated carbocycles. The summed E-state index contributed by atoms with van der Waals surface area (Å²) in [7, 11) is 1.61. The van der Waals surface area contributed by atoms with Crippen LogP contribution in [0.4, 0.5) is 0 Å². The minimum Gasteiger partial charge on any atom is -0.383 e. The topological polar surface area (TPSA) is 68.5 Å². The molecular formula is C15H19N3O2. The Balaban J connectivity index is 2.33. The number of hydrogen-bond acceptors (Lipinski definition) is 4. The van der Waals surface area contributed by atoms with Crippen molar-refractivity contribution in [2.24, 2.45) is 5.73 Å². The molecule has 106 valence electrons. The van der Waals surface area contributed by atoms with Crippen molar-refractivity contribution < 1.29 is 9.53 Å². The molecule has 0 aliphatic carbocycles. The third-order valence-corrected chi connectivity index (χ3v) is 3.13. The molecule has 2 rings (SSSR count). The maximum absolute atomic E-state index is 12.6. The lowest BCUT2D eigenvalue weighted by Crippen LogP contribution is -2.38. The highest BCUT2D eigenvalue weighted by Gasteiger charge is 2.18. The van der Waals surface area contributed by atoms with Gasteiger partial charge in [-0.1, -0.05) is 24.3 Å². The van der Waals surface area contributed by atoms with Crippen molar-refractivity contribution in [1.29, 1.82) is 0 Å². The highest BCUT2D eigenvalue weighted by Crippen LogP contribution is 2.17. The van der Waals surface area contributed by atoms with Gasteiger partial charge < -0.3 is 15.4 Å². The van der Waals surface area contributed by atoms with Gasteiger partial charge in [0.1, 0.15) is 5.69 Å². The fraction of sp³-hybridized carbons (Fsp3) is 0.333. The number of methoxy groups -OCH3 is 1. The zero-order valence-corrected chi connectivity index (χ0v) is 11.6. The fourth-order valence-electron chi connectivity index (χ4n) is 2.11. The molecule has 5 nitrogen and oxygen atoms in total. The third-order valence-electron chi connectivity index (χ3n) is 3.13. The number of pyridine rings is 1. The Morgan fingerprint density at radius 3 is 2.85 bits per heavy atom. The average Bonchev–Trinajstić information content (AvgIpc) is 2.50. The van der Waals surface area contributed by atoms with E-state index in [1.165, 1.54) is 0 Å². The number of nitrogens with zero attached hydrogens (tertiary/aromatic N) is 2. The second-order valence-electron chi connectivity index (χ2n) is 4.45. The highest BCUT2D eigenvalue weighted by atomic mass is 16.5. The first-order valence-electron chi connectivity index (χ1n) is 6.60. The van der Waals surface area contributed by atoms with E-state index in [9.17, 15) is 4.79 Å². The van der Waals surface area contributed by atoms with Crippen LogP contribution < -0.4 is 5.73 Å². The molecule has 1 aromatic carbocycles. The molecule has 0 atom stereocenters. The first-order valence-corrected chi connectivity index (χ1v) is 6.60. The summed E-state index contributed by atoms with van der Waals surface area (Å²) in [5, 5.41) is 1.87. The lowest BCUT2D eigenvalue weighted by molar-refractivity contribution is 0.0698. The van der Waals surface area contributed by atoms with Gasteiger partial charge in [0.2, 0.25) is 0 Å². The monoisotopic (exact) mass is 273 g/mol. The highest BCUT2D eigenvalue weighted by molar-refractivity contribution is 6.05. The molecule has 2 N–H and O–H groups in total. The van der Waals surface area contributed by atoms with Crippen molar-refractivity contribution in [3.8, 4) is 0 Å². The number of ether oxygens (including phenoxy) is 1. The Kier molecular flexibility index (Phi) is 5.03. The number of amides is 1. The van der Waals surface area contributed by atoms with Gasteiger partial charge in [-0.25, -0.2) is 0 Å². The van der Waals surface area contributed by atoms with Crippen LogP contribution in [0.25, 0.3) is 10.8 Å². The van der Waals surface area contributed by atoms with E-state index >= 15 is 0 Å². The van der Waals surface area contributed by atoms with E-state index in [0.717, 1.165) is 10.8 Å². The number of carbonyl (C=O) groups is 1. The molecular weight excluding hydrogens is 254 g/mol. The van der Waals surface area contributed by atoms with Crippen molar-refractivity contribution in [3.05, 3.63) is 42.2 Å². The van der Waals surface area contributed by atoms with E-state index in [-0.39, 0.29) is 5.91 Å². The van der Waals surface area contributed by atoms with E-state index in [0.29, 0.717) is 31.9 Å². The molecule has 0 saturated heterocycles. The van der Waals surface area contributed by atoms with Crippen molar-refractivity contribution in [1.82, 2.24) is 9.88 Å². The number of carbonyl (C=O) groups excluding carboxylic acids is 1. The summed E-state index contributed by atoms with van der Waals surface area (Å²) in [6.45, 7) is 1.90. The van der Waals surface area contributed by atoms with Crippen LogP contribution in [0.5, 0.6) is 0 Å². The van der Waals surface area contributed by atoms with Crippen molar-refractivity contribution in [2.75, 3.05) is 33.4 Å². The van der Waals surface area contributed by atoms with Crippen LogP contribution in [0, 0.1) is 0 Å². The minimum atomic E-state index is -0.107.